The maximum absolute atomic E-state index is 12.3. The number of ether oxygens (including phenoxy) is 2. The first-order valence-corrected chi connectivity index (χ1v) is 15.6. The van der Waals surface area contributed by atoms with Crippen molar-refractivity contribution in [3.8, 4) is 0 Å². The predicted molar refractivity (Wildman–Crippen MR) is 160 cm³/mol. The standard InChI is InChI=1S/C33H45N3O6/c37-23-24-9-11-25(12-10-24)30-20-29(22-36-19-5-6-28(36)21-35-17-3-4-18-35)41-33(42-30)26-13-15-27(16-14-26)34-31(38)7-1-2-8-32(39)40/h9-16,28-30,33,37H,1-8,17-23H2,(H,34,38)(H,39,40). The Hall–Kier alpha value is -2.82. The second kappa shape index (κ2) is 15.1. The number of carboxylic acid groups (broad SMARTS) is 1. The highest BCUT2D eigenvalue weighted by Crippen LogP contribution is 2.39. The number of carbonyl (C=O) groups excluding carboxylic acids is 1. The van der Waals surface area contributed by atoms with Gasteiger partial charge in [0.05, 0.1) is 18.8 Å². The lowest BCUT2D eigenvalue weighted by molar-refractivity contribution is -0.253. The first-order valence-electron chi connectivity index (χ1n) is 15.6. The number of unbranched alkanes of at least 4 members (excludes halogenated alkanes) is 1. The van der Waals surface area contributed by atoms with Crippen molar-refractivity contribution in [1.29, 1.82) is 0 Å². The van der Waals surface area contributed by atoms with Gasteiger partial charge in [0.25, 0.3) is 0 Å². The summed E-state index contributed by atoms with van der Waals surface area (Å²) in [5, 5.41) is 21.2. The molecule has 0 spiro atoms. The minimum atomic E-state index is -0.841. The molecule has 3 aliphatic heterocycles. The average molecular weight is 580 g/mol. The van der Waals surface area contributed by atoms with Gasteiger partial charge in [0, 0.05) is 49.6 Å². The summed E-state index contributed by atoms with van der Waals surface area (Å²) >= 11 is 0. The van der Waals surface area contributed by atoms with Gasteiger partial charge < -0.3 is 29.9 Å². The summed E-state index contributed by atoms with van der Waals surface area (Å²) in [6.45, 7) is 5.56. The van der Waals surface area contributed by atoms with Crippen LogP contribution in [0.25, 0.3) is 0 Å². The molecule has 2 aromatic carbocycles. The van der Waals surface area contributed by atoms with Crippen molar-refractivity contribution < 1.29 is 29.3 Å². The molecule has 3 heterocycles. The summed E-state index contributed by atoms with van der Waals surface area (Å²) in [5.41, 5.74) is 3.53. The van der Waals surface area contributed by atoms with Crippen molar-refractivity contribution in [3.05, 3.63) is 65.2 Å². The number of nitrogens with zero attached hydrogens (tertiary/aromatic N) is 2. The summed E-state index contributed by atoms with van der Waals surface area (Å²) in [4.78, 5) is 28.2. The fourth-order valence-corrected chi connectivity index (χ4v) is 6.41. The van der Waals surface area contributed by atoms with E-state index in [-0.39, 0.29) is 37.6 Å². The zero-order valence-corrected chi connectivity index (χ0v) is 24.5. The monoisotopic (exact) mass is 579 g/mol. The summed E-state index contributed by atoms with van der Waals surface area (Å²) in [7, 11) is 0. The van der Waals surface area contributed by atoms with Crippen LogP contribution in [0, 0.1) is 0 Å². The number of anilines is 1. The van der Waals surface area contributed by atoms with E-state index in [1.807, 2.05) is 48.5 Å². The minimum Gasteiger partial charge on any atom is -0.481 e. The van der Waals surface area contributed by atoms with Crippen LogP contribution in [0.5, 0.6) is 0 Å². The molecular formula is C33H45N3O6. The summed E-state index contributed by atoms with van der Waals surface area (Å²) in [6, 6.07) is 16.1. The molecular weight excluding hydrogens is 534 g/mol. The van der Waals surface area contributed by atoms with E-state index >= 15 is 0 Å². The van der Waals surface area contributed by atoms with Crippen LogP contribution in [0.2, 0.25) is 0 Å². The van der Waals surface area contributed by atoms with Gasteiger partial charge in [0.2, 0.25) is 5.91 Å². The Kier molecular flexibility index (Phi) is 11.0. The molecule has 0 radical (unpaired) electrons. The van der Waals surface area contributed by atoms with Crippen LogP contribution in [0.15, 0.2) is 48.5 Å². The van der Waals surface area contributed by atoms with E-state index < -0.39 is 12.3 Å². The fraction of sp³-hybridized carbons (Fsp3) is 0.576. The Morgan fingerprint density at radius 3 is 2.29 bits per heavy atom. The largest absolute Gasteiger partial charge is 0.481 e. The molecule has 4 unspecified atom stereocenters. The fourth-order valence-electron chi connectivity index (χ4n) is 6.41. The van der Waals surface area contributed by atoms with Gasteiger partial charge >= 0.3 is 5.97 Å². The Bertz CT molecular complexity index is 1150. The number of aliphatic carboxylic acids is 1. The van der Waals surface area contributed by atoms with Crippen LogP contribution in [-0.2, 0) is 25.7 Å². The molecule has 1 amide bonds. The van der Waals surface area contributed by atoms with Gasteiger partial charge in [-0.05, 0) is 81.4 Å². The van der Waals surface area contributed by atoms with Crippen molar-refractivity contribution in [3.63, 3.8) is 0 Å². The third-order valence-electron chi connectivity index (χ3n) is 8.73. The summed E-state index contributed by atoms with van der Waals surface area (Å²) in [5.74, 6) is -0.967. The van der Waals surface area contributed by atoms with Crippen LogP contribution in [0.4, 0.5) is 5.69 Å². The molecule has 0 bridgehead atoms. The lowest BCUT2D eigenvalue weighted by atomic mass is 9.99. The number of amides is 1. The Labute approximate surface area is 248 Å². The maximum Gasteiger partial charge on any atom is 0.303 e. The number of carbonyl (C=O) groups is 2. The van der Waals surface area contributed by atoms with Gasteiger partial charge in [-0.2, -0.15) is 0 Å². The van der Waals surface area contributed by atoms with Crippen LogP contribution in [0.3, 0.4) is 0 Å². The lowest BCUT2D eigenvalue weighted by Gasteiger charge is -2.39. The van der Waals surface area contributed by atoms with E-state index in [2.05, 4.69) is 15.1 Å². The Balaban J connectivity index is 1.24. The van der Waals surface area contributed by atoms with Gasteiger partial charge in [-0.25, -0.2) is 0 Å². The number of aliphatic hydroxyl groups excluding tert-OH is 1. The van der Waals surface area contributed by atoms with E-state index in [1.54, 1.807) is 0 Å². The molecule has 2 aromatic rings. The normalized spacial score (nSPS) is 25.1. The van der Waals surface area contributed by atoms with Gasteiger partial charge in [-0.1, -0.05) is 36.4 Å². The van der Waals surface area contributed by atoms with E-state index in [0.717, 1.165) is 42.7 Å². The quantitative estimate of drug-likeness (QED) is 0.288. The third kappa shape index (κ3) is 8.61. The second-order valence-electron chi connectivity index (χ2n) is 11.9. The van der Waals surface area contributed by atoms with Crippen molar-refractivity contribution in [2.45, 2.75) is 88.9 Å². The number of hydrogen-bond acceptors (Lipinski definition) is 7. The summed E-state index contributed by atoms with van der Waals surface area (Å²) < 4.78 is 13.1. The molecule has 9 heteroatoms. The van der Waals surface area contributed by atoms with Crippen molar-refractivity contribution in [2.75, 3.05) is 38.0 Å². The minimum absolute atomic E-state index is 0.00984. The highest BCUT2D eigenvalue weighted by atomic mass is 16.7. The predicted octanol–water partition coefficient (Wildman–Crippen LogP) is 4.87. The van der Waals surface area contributed by atoms with Gasteiger partial charge in [0.1, 0.15) is 0 Å². The first kappa shape index (κ1) is 30.6. The van der Waals surface area contributed by atoms with Crippen LogP contribution >= 0.6 is 0 Å². The number of benzene rings is 2. The third-order valence-corrected chi connectivity index (χ3v) is 8.73. The Morgan fingerprint density at radius 2 is 1.57 bits per heavy atom. The van der Waals surface area contributed by atoms with Gasteiger partial charge in [-0.15, -0.1) is 0 Å². The topological polar surface area (TPSA) is 112 Å². The number of likely N-dealkylation sites (tertiary alicyclic amines) is 2. The van der Waals surface area contributed by atoms with E-state index in [9.17, 15) is 14.7 Å². The van der Waals surface area contributed by atoms with Crippen LogP contribution in [-0.4, -0.2) is 76.8 Å². The van der Waals surface area contributed by atoms with Crippen molar-refractivity contribution in [1.82, 2.24) is 9.80 Å². The lowest BCUT2D eigenvalue weighted by Crippen LogP contribution is -2.45. The highest BCUT2D eigenvalue weighted by Gasteiger charge is 2.36. The molecule has 3 N–H and O–H groups in total. The SMILES string of the molecule is O=C(O)CCCCC(=O)Nc1ccc(C2OC(CN3CCCC3CN3CCCC3)CC(c3ccc(CO)cc3)O2)cc1. The number of aliphatic hydroxyl groups is 1. The van der Waals surface area contributed by atoms with E-state index in [1.165, 1.54) is 38.8 Å². The number of carboxylic acids is 1. The Morgan fingerprint density at radius 1 is 0.857 bits per heavy atom. The van der Waals surface area contributed by atoms with Crippen molar-refractivity contribution >= 4 is 17.6 Å². The maximum atomic E-state index is 12.3. The molecule has 0 aliphatic carbocycles. The zero-order valence-electron chi connectivity index (χ0n) is 24.5. The molecule has 4 atom stereocenters. The van der Waals surface area contributed by atoms with E-state index in [0.29, 0.717) is 24.6 Å². The smallest absolute Gasteiger partial charge is 0.303 e. The molecule has 0 aromatic heterocycles. The molecule has 5 rings (SSSR count). The second-order valence-corrected chi connectivity index (χ2v) is 11.9. The molecule has 9 nitrogen and oxygen atoms in total. The van der Waals surface area contributed by atoms with Crippen LogP contribution < -0.4 is 5.32 Å². The number of nitrogens with one attached hydrogen (secondary N) is 1. The molecule has 42 heavy (non-hydrogen) atoms. The number of rotatable bonds is 13. The van der Waals surface area contributed by atoms with Crippen molar-refractivity contribution in [2.24, 2.45) is 0 Å². The molecule has 3 aliphatic rings. The number of hydrogen-bond donors (Lipinski definition) is 3. The first-order chi connectivity index (χ1) is 20.5. The van der Waals surface area contributed by atoms with Gasteiger partial charge in [-0.3, -0.25) is 14.5 Å². The van der Waals surface area contributed by atoms with Gasteiger partial charge in [0.15, 0.2) is 6.29 Å². The van der Waals surface area contributed by atoms with Crippen LogP contribution in [0.1, 0.15) is 86.9 Å². The highest BCUT2D eigenvalue weighted by molar-refractivity contribution is 5.90. The molecule has 3 fully saturated rings. The van der Waals surface area contributed by atoms with E-state index in [4.69, 9.17) is 14.6 Å². The molecule has 228 valence electrons. The molecule has 3 saturated heterocycles. The zero-order chi connectivity index (χ0) is 29.3. The average Bonchev–Trinajstić information content (AvgIpc) is 3.68. The summed E-state index contributed by atoms with van der Waals surface area (Å²) in [6.07, 6.45) is 6.58. The molecule has 0 saturated carbocycles.